The average molecular weight is 358 g/mol. The molecule has 0 spiro atoms. The fourth-order valence-corrected chi connectivity index (χ4v) is 5.39. The molecule has 0 saturated carbocycles. The van der Waals surface area contributed by atoms with Crippen molar-refractivity contribution in [2.24, 2.45) is 0 Å². The van der Waals surface area contributed by atoms with Crippen LogP contribution in [0.3, 0.4) is 0 Å². The molecule has 2 nitrogen and oxygen atoms in total. The van der Waals surface area contributed by atoms with Gasteiger partial charge in [0.15, 0.2) is 0 Å². The Morgan fingerprint density at radius 2 is 1.43 bits per heavy atom. The lowest BCUT2D eigenvalue weighted by Crippen LogP contribution is -2.26. The van der Waals surface area contributed by atoms with Crippen LogP contribution in [0.25, 0.3) is 11.1 Å². The topological polar surface area (TPSA) is 16.1 Å². The first-order valence-corrected chi connectivity index (χ1v) is 9.96. The highest BCUT2D eigenvalue weighted by molar-refractivity contribution is 5.92. The summed E-state index contributed by atoms with van der Waals surface area (Å²) >= 11 is 0. The maximum atomic E-state index is 4.80. The van der Waals surface area contributed by atoms with E-state index in [9.17, 15) is 0 Å². The second kappa shape index (κ2) is 5.11. The van der Waals surface area contributed by atoms with Gasteiger partial charge in [-0.2, -0.15) is 0 Å². The lowest BCUT2D eigenvalue weighted by Gasteiger charge is -2.39. The molecule has 0 unspecified atom stereocenters. The summed E-state index contributed by atoms with van der Waals surface area (Å²) in [7, 11) is 0. The number of aromatic nitrogens is 1. The number of nitrogens with zero attached hydrogens (tertiary/aromatic N) is 2. The largest absolute Gasteiger partial charge is 0.294 e. The zero-order valence-corrected chi connectivity index (χ0v) is 15.4. The molecule has 1 aromatic heterocycles. The van der Waals surface area contributed by atoms with E-state index >= 15 is 0 Å². The van der Waals surface area contributed by atoms with E-state index in [-0.39, 0.29) is 0 Å². The van der Waals surface area contributed by atoms with E-state index in [0.29, 0.717) is 0 Å². The highest BCUT2D eigenvalue weighted by Crippen LogP contribution is 2.53. The second-order valence-corrected chi connectivity index (χ2v) is 8.03. The van der Waals surface area contributed by atoms with Crippen molar-refractivity contribution in [3.63, 3.8) is 0 Å². The van der Waals surface area contributed by atoms with Gasteiger partial charge in [-0.15, -0.1) is 0 Å². The number of pyridine rings is 1. The molecule has 0 saturated heterocycles. The lowest BCUT2D eigenvalue weighted by atomic mass is 9.83. The zero-order chi connectivity index (χ0) is 18.2. The molecule has 3 aliphatic rings. The second-order valence-electron chi connectivity index (χ2n) is 8.03. The first-order valence-electron chi connectivity index (χ1n) is 9.96. The monoisotopic (exact) mass is 358 g/mol. The van der Waals surface area contributed by atoms with Gasteiger partial charge in [-0.3, -0.25) is 4.90 Å². The minimum absolute atomic E-state index is 0.958. The summed E-state index contributed by atoms with van der Waals surface area (Å²) < 4.78 is 0. The molecular formula is C26H18N2. The third-order valence-corrected chi connectivity index (χ3v) is 6.56. The number of hydrogen-bond acceptors (Lipinski definition) is 2. The van der Waals surface area contributed by atoms with Crippen LogP contribution in [0, 0.1) is 0 Å². The van der Waals surface area contributed by atoms with Gasteiger partial charge in [0, 0.05) is 19.0 Å². The van der Waals surface area contributed by atoms with Crippen LogP contribution in [0.4, 0.5) is 17.2 Å². The van der Waals surface area contributed by atoms with Gasteiger partial charge in [0.25, 0.3) is 0 Å². The van der Waals surface area contributed by atoms with Crippen molar-refractivity contribution in [2.75, 3.05) is 4.90 Å². The number of hydrogen-bond donors (Lipinski definition) is 0. The Hall–Kier alpha value is -3.39. The molecule has 0 radical (unpaired) electrons. The van der Waals surface area contributed by atoms with Gasteiger partial charge in [-0.05, 0) is 69.1 Å². The van der Waals surface area contributed by atoms with Gasteiger partial charge in [-0.25, -0.2) is 4.98 Å². The third-order valence-electron chi connectivity index (χ3n) is 6.56. The van der Waals surface area contributed by atoms with Crippen LogP contribution in [0.1, 0.15) is 33.4 Å². The molecule has 0 atom stereocenters. The summed E-state index contributed by atoms with van der Waals surface area (Å²) in [5.41, 5.74) is 14.1. The number of fused-ring (bicyclic) bond motifs is 8. The van der Waals surface area contributed by atoms with Crippen LogP contribution >= 0.6 is 0 Å². The van der Waals surface area contributed by atoms with Crippen molar-refractivity contribution in [1.29, 1.82) is 0 Å². The smallest absolute Gasteiger partial charge is 0.141 e. The Bertz CT molecular complexity index is 1290. The van der Waals surface area contributed by atoms with Crippen LogP contribution in [0.5, 0.6) is 0 Å². The van der Waals surface area contributed by atoms with Crippen molar-refractivity contribution in [1.82, 2.24) is 4.98 Å². The molecule has 0 bridgehead atoms. The Balaban J connectivity index is 1.58. The van der Waals surface area contributed by atoms with Crippen molar-refractivity contribution in [3.8, 4) is 11.1 Å². The predicted molar refractivity (Wildman–Crippen MR) is 113 cm³/mol. The van der Waals surface area contributed by atoms with Crippen LogP contribution in [0.15, 0.2) is 72.9 Å². The average Bonchev–Trinajstić information content (AvgIpc) is 3.12. The molecule has 2 aliphatic heterocycles. The molecular weight excluding hydrogens is 340 g/mol. The number of anilines is 3. The van der Waals surface area contributed by atoms with Gasteiger partial charge < -0.3 is 0 Å². The van der Waals surface area contributed by atoms with Crippen molar-refractivity contribution in [3.05, 3.63) is 106 Å². The molecule has 4 aromatic rings. The number of benzene rings is 3. The summed E-state index contributed by atoms with van der Waals surface area (Å²) in [5, 5.41) is 0. The minimum atomic E-state index is 0.958. The van der Waals surface area contributed by atoms with Crippen molar-refractivity contribution >= 4 is 17.2 Å². The van der Waals surface area contributed by atoms with E-state index in [4.69, 9.17) is 4.98 Å². The zero-order valence-electron chi connectivity index (χ0n) is 15.4. The van der Waals surface area contributed by atoms with Gasteiger partial charge in [0.05, 0.1) is 11.4 Å². The first-order chi connectivity index (χ1) is 13.9. The highest BCUT2D eigenvalue weighted by atomic mass is 15.2. The molecule has 7 rings (SSSR count). The van der Waals surface area contributed by atoms with E-state index in [1.807, 2.05) is 6.20 Å². The van der Waals surface area contributed by atoms with Crippen molar-refractivity contribution < 1.29 is 0 Å². The van der Waals surface area contributed by atoms with Crippen molar-refractivity contribution in [2.45, 2.75) is 19.3 Å². The SMILES string of the molecule is c1ccc2c(c1)Cc1c-2cc2c3c1Cc1ccccc1N3c1ncccc1C2. The summed E-state index contributed by atoms with van der Waals surface area (Å²) in [6.45, 7) is 0. The Morgan fingerprint density at radius 1 is 0.643 bits per heavy atom. The summed E-state index contributed by atoms with van der Waals surface area (Å²) in [6.07, 6.45) is 4.93. The van der Waals surface area contributed by atoms with E-state index in [0.717, 1.165) is 25.1 Å². The van der Waals surface area contributed by atoms with E-state index in [1.165, 1.54) is 55.9 Å². The molecule has 2 heteroatoms. The summed E-state index contributed by atoms with van der Waals surface area (Å²) in [4.78, 5) is 7.23. The molecule has 0 amide bonds. The number of rotatable bonds is 0. The Labute approximate surface area is 164 Å². The maximum Gasteiger partial charge on any atom is 0.141 e. The molecule has 28 heavy (non-hydrogen) atoms. The molecule has 0 fully saturated rings. The van der Waals surface area contributed by atoms with E-state index in [2.05, 4.69) is 71.6 Å². The van der Waals surface area contributed by atoms with Gasteiger partial charge in [0.1, 0.15) is 5.82 Å². The van der Waals surface area contributed by atoms with Crippen LogP contribution in [0.2, 0.25) is 0 Å². The normalized spacial score (nSPS) is 14.6. The first kappa shape index (κ1) is 14.6. The fourth-order valence-electron chi connectivity index (χ4n) is 5.39. The van der Waals surface area contributed by atoms with E-state index < -0.39 is 0 Å². The van der Waals surface area contributed by atoms with Gasteiger partial charge in [-0.1, -0.05) is 48.5 Å². The fraction of sp³-hybridized carbons (Fsp3) is 0.115. The number of para-hydroxylation sites is 1. The van der Waals surface area contributed by atoms with Crippen LogP contribution in [-0.2, 0) is 19.3 Å². The summed E-state index contributed by atoms with van der Waals surface area (Å²) in [6, 6.07) is 24.5. The Morgan fingerprint density at radius 3 is 2.39 bits per heavy atom. The molecule has 132 valence electrons. The van der Waals surface area contributed by atoms with Gasteiger partial charge >= 0.3 is 0 Å². The standard InChI is InChI=1S/C26H18N2/c1-3-9-20-16(6-1)13-22-21(20)15-19-12-18-8-5-11-27-26(18)28-24-10-4-2-7-17(24)14-23(22)25(19)28/h1-11,15H,12-14H2. The van der Waals surface area contributed by atoms with Crippen LogP contribution < -0.4 is 4.90 Å². The summed E-state index contributed by atoms with van der Waals surface area (Å²) in [5.74, 6) is 1.10. The van der Waals surface area contributed by atoms with Gasteiger partial charge in [0.2, 0.25) is 0 Å². The predicted octanol–water partition coefficient (Wildman–Crippen LogP) is 5.93. The van der Waals surface area contributed by atoms with Crippen LogP contribution in [-0.4, -0.2) is 4.98 Å². The third kappa shape index (κ3) is 1.75. The highest BCUT2D eigenvalue weighted by Gasteiger charge is 2.36. The van der Waals surface area contributed by atoms with E-state index in [1.54, 1.807) is 0 Å². The lowest BCUT2D eigenvalue weighted by molar-refractivity contribution is 0.969. The molecule has 0 N–H and O–H groups in total. The Kier molecular flexibility index (Phi) is 2.67. The maximum absolute atomic E-state index is 4.80. The quantitative estimate of drug-likeness (QED) is 0.334. The molecule has 1 aliphatic carbocycles. The molecule has 3 heterocycles. The molecule has 3 aromatic carbocycles. The minimum Gasteiger partial charge on any atom is -0.294 e.